The fourth-order valence-electron chi connectivity index (χ4n) is 2.44. The molecule has 5 heteroatoms. The topological polar surface area (TPSA) is 45.7 Å². The normalized spacial score (nSPS) is 14.7. The molecule has 1 aromatic carbocycles. The first-order valence-corrected chi connectivity index (χ1v) is 7.42. The molecule has 3 rings (SSSR count). The first kappa shape index (κ1) is 14.4. The standard InChI is InChI=1S/C17H19N3O2/c21-14-19-8-10-20(11-9-19)17-7-6-16(12-18-17)22-13-15-4-2-1-3-5-15/h1-7,12,14H,8-11,13H2. The number of hydrogen-bond donors (Lipinski definition) is 0. The molecule has 2 aromatic rings. The molecular formula is C17H19N3O2. The van der Waals surface area contributed by atoms with Crippen molar-refractivity contribution in [3.63, 3.8) is 0 Å². The van der Waals surface area contributed by atoms with E-state index < -0.39 is 0 Å². The predicted molar refractivity (Wildman–Crippen MR) is 84.9 cm³/mol. The van der Waals surface area contributed by atoms with Crippen LogP contribution in [0.1, 0.15) is 5.56 Å². The van der Waals surface area contributed by atoms with Crippen LogP contribution in [0.4, 0.5) is 5.82 Å². The van der Waals surface area contributed by atoms with Crippen LogP contribution in [-0.2, 0) is 11.4 Å². The quantitative estimate of drug-likeness (QED) is 0.791. The van der Waals surface area contributed by atoms with E-state index in [-0.39, 0.29) is 0 Å². The maximum Gasteiger partial charge on any atom is 0.209 e. The monoisotopic (exact) mass is 297 g/mol. The van der Waals surface area contributed by atoms with E-state index >= 15 is 0 Å². The fraction of sp³-hybridized carbons (Fsp3) is 0.294. The Balaban J connectivity index is 1.55. The maximum absolute atomic E-state index is 10.7. The van der Waals surface area contributed by atoms with E-state index in [0.29, 0.717) is 6.61 Å². The average molecular weight is 297 g/mol. The van der Waals surface area contributed by atoms with Crippen molar-refractivity contribution in [1.82, 2.24) is 9.88 Å². The number of carbonyl (C=O) groups excluding carboxylic acids is 1. The van der Waals surface area contributed by atoms with Gasteiger partial charge in [0.2, 0.25) is 6.41 Å². The minimum atomic E-state index is 0.542. The van der Waals surface area contributed by atoms with Gasteiger partial charge in [0.05, 0.1) is 6.20 Å². The molecule has 1 fully saturated rings. The van der Waals surface area contributed by atoms with Gasteiger partial charge < -0.3 is 14.5 Å². The highest BCUT2D eigenvalue weighted by atomic mass is 16.5. The van der Waals surface area contributed by atoms with Crippen LogP contribution >= 0.6 is 0 Å². The minimum absolute atomic E-state index is 0.542. The van der Waals surface area contributed by atoms with Gasteiger partial charge in [0.15, 0.2) is 0 Å². The van der Waals surface area contributed by atoms with Crippen molar-refractivity contribution in [1.29, 1.82) is 0 Å². The Morgan fingerprint density at radius 2 is 1.82 bits per heavy atom. The van der Waals surface area contributed by atoms with Crippen LogP contribution in [0.15, 0.2) is 48.7 Å². The van der Waals surface area contributed by atoms with Gasteiger partial charge in [-0.05, 0) is 17.7 Å². The van der Waals surface area contributed by atoms with Crippen LogP contribution in [0.2, 0.25) is 0 Å². The Kier molecular flexibility index (Phi) is 4.53. The first-order chi connectivity index (χ1) is 10.8. The van der Waals surface area contributed by atoms with Gasteiger partial charge in [-0.15, -0.1) is 0 Å². The highest BCUT2D eigenvalue weighted by Crippen LogP contribution is 2.18. The highest BCUT2D eigenvalue weighted by Gasteiger charge is 2.16. The Bertz CT molecular complexity index is 593. The summed E-state index contributed by atoms with van der Waals surface area (Å²) < 4.78 is 5.73. The van der Waals surface area contributed by atoms with Crippen LogP contribution in [0.25, 0.3) is 0 Å². The van der Waals surface area contributed by atoms with E-state index in [1.165, 1.54) is 0 Å². The molecule has 22 heavy (non-hydrogen) atoms. The molecule has 1 aliphatic heterocycles. The Hall–Kier alpha value is -2.56. The van der Waals surface area contributed by atoms with Crippen LogP contribution in [-0.4, -0.2) is 42.5 Å². The van der Waals surface area contributed by atoms with Gasteiger partial charge in [-0.25, -0.2) is 4.98 Å². The van der Waals surface area contributed by atoms with Crippen molar-refractivity contribution in [3.05, 3.63) is 54.2 Å². The molecule has 1 aliphatic rings. The second-order valence-corrected chi connectivity index (χ2v) is 5.25. The van der Waals surface area contributed by atoms with E-state index in [4.69, 9.17) is 4.74 Å². The highest BCUT2D eigenvalue weighted by molar-refractivity contribution is 5.49. The number of anilines is 1. The number of aromatic nitrogens is 1. The van der Waals surface area contributed by atoms with E-state index in [1.807, 2.05) is 42.5 Å². The summed E-state index contributed by atoms with van der Waals surface area (Å²) >= 11 is 0. The van der Waals surface area contributed by atoms with E-state index in [1.54, 1.807) is 11.1 Å². The molecule has 0 unspecified atom stereocenters. The summed E-state index contributed by atoms with van der Waals surface area (Å²) in [5.41, 5.74) is 1.14. The third kappa shape index (κ3) is 3.55. The van der Waals surface area contributed by atoms with Crippen molar-refractivity contribution < 1.29 is 9.53 Å². The van der Waals surface area contributed by atoms with Crippen LogP contribution in [0, 0.1) is 0 Å². The number of piperazine rings is 1. The molecule has 0 bridgehead atoms. The molecule has 0 atom stereocenters. The number of ether oxygens (including phenoxy) is 1. The number of amides is 1. The first-order valence-electron chi connectivity index (χ1n) is 7.42. The summed E-state index contributed by atoms with van der Waals surface area (Å²) in [5, 5.41) is 0. The minimum Gasteiger partial charge on any atom is -0.487 e. The summed E-state index contributed by atoms with van der Waals surface area (Å²) in [6, 6.07) is 14.0. The number of carbonyl (C=O) groups is 1. The molecule has 2 heterocycles. The molecule has 0 aliphatic carbocycles. The molecular weight excluding hydrogens is 278 g/mol. The second kappa shape index (κ2) is 6.93. The largest absolute Gasteiger partial charge is 0.487 e. The second-order valence-electron chi connectivity index (χ2n) is 5.25. The summed E-state index contributed by atoms with van der Waals surface area (Å²) in [6.07, 6.45) is 2.66. The van der Waals surface area contributed by atoms with Gasteiger partial charge in [-0.1, -0.05) is 30.3 Å². The molecule has 0 radical (unpaired) electrons. The Morgan fingerprint density at radius 3 is 2.45 bits per heavy atom. The molecule has 1 saturated heterocycles. The smallest absolute Gasteiger partial charge is 0.209 e. The zero-order valence-electron chi connectivity index (χ0n) is 12.4. The van der Waals surface area contributed by atoms with Gasteiger partial charge in [0.1, 0.15) is 18.2 Å². The van der Waals surface area contributed by atoms with Crippen LogP contribution in [0.3, 0.4) is 0 Å². The SMILES string of the molecule is O=CN1CCN(c2ccc(OCc3ccccc3)cn2)CC1. The van der Waals surface area contributed by atoms with Gasteiger partial charge in [0, 0.05) is 26.2 Å². The molecule has 0 N–H and O–H groups in total. The van der Waals surface area contributed by atoms with Gasteiger partial charge in [-0.3, -0.25) is 4.79 Å². The lowest BCUT2D eigenvalue weighted by atomic mass is 10.2. The lowest BCUT2D eigenvalue weighted by Crippen LogP contribution is -2.45. The summed E-state index contributed by atoms with van der Waals surface area (Å²) in [4.78, 5) is 19.1. The third-order valence-corrected chi connectivity index (χ3v) is 3.76. The number of rotatable bonds is 5. The van der Waals surface area contributed by atoms with Gasteiger partial charge in [0.25, 0.3) is 0 Å². The van der Waals surface area contributed by atoms with Crippen molar-refractivity contribution in [2.75, 3.05) is 31.1 Å². The average Bonchev–Trinajstić information content (AvgIpc) is 2.61. The van der Waals surface area contributed by atoms with E-state index in [2.05, 4.69) is 9.88 Å². The van der Waals surface area contributed by atoms with Crippen molar-refractivity contribution in [2.45, 2.75) is 6.61 Å². The molecule has 0 spiro atoms. The van der Waals surface area contributed by atoms with Crippen molar-refractivity contribution in [3.8, 4) is 5.75 Å². The number of hydrogen-bond acceptors (Lipinski definition) is 4. The van der Waals surface area contributed by atoms with E-state index in [0.717, 1.165) is 49.7 Å². The van der Waals surface area contributed by atoms with Crippen LogP contribution in [0.5, 0.6) is 5.75 Å². The predicted octanol–water partition coefficient (Wildman–Crippen LogP) is 1.94. The van der Waals surface area contributed by atoms with Gasteiger partial charge in [-0.2, -0.15) is 0 Å². The summed E-state index contributed by atoms with van der Waals surface area (Å²) in [6.45, 7) is 3.67. The summed E-state index contributed by atoms with van der Waals surface area (Å²) in [7, 11) is 0. The third-order valence-electron chi connectivity index (χ3n) is 3.76. The van der Waals surface area contributed by atoms with Crippen molar-refractivity contribution in [2.24, 2.45) is 0 Å². The van der Waals surface area contributed by atoms with Crippen molar-refractivity contribution >= 4 is 12.2 Å². The lowest BCUT2D eigenvalue weighted by Gasteiger charge is -2.33. The number of pyridine rings is 1. The molecule has 114 valence electrons. The number of nitrogens with zero attached hydrogens (tertiary/aromatic N) is 3. The molecule has 0 saturated carbocycles. The zero-order valence-corrected chi connectivity index (χ0v) is 12.4. The molecule has 5 nitrogen and oxygen atoms in total. The van der Waals surface area contributed by atoms with Gasteiger partial charge >= 0.3 is 0 Å². The van der Waals surface area contributed by atoms with Crippen LogP contribution < -0.4 is 9.64 Å². The summed E-state index contributed by atoms with van der Waals surface area (Å²) in [5.74, 6) is 1.69. The molecule has 1 amide bonds. The fourth-order valence-corrected chi connectivity index (χ4v) is 2.44. The van der Waals surface area contributed by atoms with E-state index in [9.17, 15) is 4.79 Å². The zero-order chi connectivity index (χ0) is 15.2. The molecule has 1 aromatic heterocycles. The number of benzene rings is 1. The maximum atomic E-state index is 10.7. The Labute approximate surface area is 130 Å². The Morgan fingerprint density at radius 1 is 1.05 bits per heavy atom. The lowest BCUT2D eigenvalue weighted by molar-refractivity contribution is -0.118.